The molecule has 0 aliphatic heterocycles. The van der Waals surface area contributed by atoms with Crippen LogP contribution in [0.1, 0.15) is 16.1 Å². The molecule has 1 amide bonds. The fraction of sp³-hybridized carbons (Fsp3) is 0.200. The van der Waals surface area contributed by atoms with Crippen LogP contribution in [0.15, 0.2) is 65.2 Å². The minimum absolute atomic E-state index is 0.0421. The van der Waals surface area contributed by atoms with E-state index >= 15 is 0 Å². The van der Waals surface area contributed by atoms with Gasteiger partial charge in [0.15, 0.2) is 0 Å². The summed E-state index contributed by atoms with van der Waals surface area (Å²) in [4.78, 5) is 14.1. The van der Waals surface area contributed by atoms with E-state index < -0.39 is 0 Å². The summed E-state index contributed by atoms with van der Waals surface area (Å²) in [6.07, 6.45) is 0. The number of hydrogen-bond donors (Lipinski definition) is 0. The van der Waals surface area contributed by atoms with Crippen LogP contribution in [0.5, 0.6) is 5.75 Å². The molecule has 128 valence electrons. The lowest BCUT2D eigenvalue weighted by atomic mass is 10.1. The van der Waals surface area contributed by atoms with Crippen LogP contribution in [0.25, 0.3) is 11.3 Å². The maximum atomic E-state index is 12.5. The second kappa shape index (κ2) is 7.66. The second-order valence-electron chi connectivity index (χ2n) is 5.79. The molecular weight excluding hydrogens is 316 g/mol. The Morgan fingerprint density at radius 1 is 1.12 bits per heavy atom. The molecule has 0 N–H and O–H groups in total. The first-order valence-corrected chi connectivity index (χ1v) is 8.10. The summed E-state index contributed by atoms with van der Waals surface area (Å²) in [5.41, 5.74) is 2.32. The van der Waals surface area contributed by atoms with Gasteiger partial charge in [-0.1, -0.05) is 35.5 Å². The molecule has 0 bridgehead atoms. The molecule has 0 aliphatic rings. The van der Waals surface area contributed by atoms with Crippen molar-refractivity contribution in [2.75, 3.05) is 20.2 Å². The molecule has 0 spiro atoms. The Bertz CT molecular complexity index is 826. The smallest absolute Gasteiger partial charge is 0.253 e. The topological polar surface area (TPSA) is 55.6 Å². The second-order valence-corrected chi connectivity index (χ2v) is 5.79. The van der Waals surface area contributed by atoms with Crippen LogP contribution in [0, 0.1) is 6.92 Å². The molecule has 0 atom stereocenters. The van der Waals surface area contributed by atoms with Gasteiger partial charge < -0.3 is 14.2 Å². The van der Waals surface area contributed by atoms with Gasteiger partial charge in [-0.25, -0.2) is 0 Å². The van der Waals surface area contributed by atoms with Crippen LogP contribution in [-0.4, -0.2) is 36.2 Å². The molecule has 1 aromatic heterocycles. The number of aryl methyl sites for hydroxylation is 1. The van der Waals surface area contributed by atoms with E-state index in [1.165, 1.54) is 0 Å². The van der Waals surface area contributed by atoms with Crippen molar-refractivity contribution >= 4 is 5.91 Å². The van der Waals surface area contributed by atoms with E-state index in [0.717, 1.165) is 22.8 Å². The Morgan fingerprint density at radius 3 is 2.48 bits per heavy atom. The highest BCUT2D eigenvalue weighted by Crippen LogP contribution is 2.19. The zero-order valence-corrected chi connectivity index (χ0v) is 14.3. The van der Waals surface area contributed by atoms with E-state index in [2.05, 4.69) is 5.16 Å². The molecule has 1 heterocycles. The van der Waals surface area contributed by atoms with Crippen molar-refractivity contribution in [1.82, 2.24) is 10.1 Å². The average Bonchev–Trinajstić information content (AvgIpc) is 3.08. The van der Waals surface area contributed by atoms with Gasteiger partial charge in [-0.15, -0.1) is 0 Å². The quantitative estimate of drug-likeness (QED) is 0.687. The summed E-state index contributed by atoms with van der Waals surface area (Å²) >= 11 is 0. The fourth-order valence-corrected chi connectivity index (χ4v) is 2.43. The Kier molecular flexibility index (Phi) is 5.14. The summed E-state index contributed by atoms with van der Waals surface area (Å²) in [6.45, 7) is 2.81. The Hall–Kier alpha value is -3.08. The van der Waals surface area contributed by atoms with Crippen molar-refractivity contribution in [3.05, 3.63) is 72.0 Å². The maximum absolute atomic E-state index is 12.5. The third-order valence-corrected chi connectivity index (χ3v) is 3.84. The number of hydrogen-bond acceptors (Lipinski definition) is 4. The van der Waals surface area contributed by atoms with E-state index in [1.807, 2.05) is 55.5 Å². The third kappa shape index (κ3) is 4.26. The molecule has 0 radical (unpaired) electrons. The van der Waals surface area contributed by atoms with Gasteiger partial charge in [0.1, 0.15) is 23.8 Å². The molecule has 2 aromatic carbocycles. The van der Waals surface area contributed by atoms with Gasteiger partial charge in [0.25, 0.3) is 5.91 Å². The van der Waals surface area contributed by atoms with Crippen LogP contribution in [-0.2, 0) is 0 Å². The van der Waals surface area contributed by atoms with Crippen molar-refractivity contribution in [2.45, 2.75) is 6.92 Å². The predicted octanol–water partition coefficient (Wildman–Crippen LogP) is 3.80. The number of carbonyl (C=O) groups is 1. The summed E-state index contributed by atoms with van der Waals surface area (Å²) in [6, 6.07) is 18.8. The monoisotopic (exact) mass is 336 g/mol. The molecule has 0 unspecified atom stereocenters. The largest absolute Gasteiger partial charge is 0.492 e. The summed E-state index contributed by atoms with van der Waals surface area (Å²) in [7, 11) is 1.77. The molecule has 5 nitrogen and oxygen atoms in total. The van der Waals surface area contributed by atoms with Gasteiger partial charge in [0.2, 0.25) is 0 Å². The lowest BCUT2D eigenvalue weighted by molar-refractivity contribution is 0.0774. The number of ether oxygens (including phenoxy) is 1. The Balaban J connectivity index is 1.56. The highest BCUT2D eigenvalue weighted by molar-refractivity contribution is 5.94. The molecule has 0 aliphatic carbocycles. The highest BCUT2D eigenvalue weighted by Gasteiger charge is 2.12. The highest BCUT2D eigenvalue weighted by atomic mass is 16.5. The number of nitrogens with zero attached hydrogens (tertiary/aromatic N) is 2. The first-order chi connectivity index (χ1) is 12.1. The number of benzene rings is 2. The van der Waals surface area contributed by atoms with Gasteiger partial charge in [-0.05, 0) is 31.2 Å². The minimum Gasteiger partial charge on any atom is -0.492 e. The van der Waals surface area contributed by atoms with Crippen molar-refractivity contribution in [3.8, 4) is 17.0 Å². The van der Waals surface area contributed by atoms with E-state index in [9.17, 15) is 4.79 Å². The van der Waals surface area contributed by atoms with Gasteiger partial charge >= 0.3 is 0 Å². The van der Waals surface area contributed by atoms with Crippen molar-refractivity contribution in [3.63, 3.8) is 0 Å². The first-order valence-electron chi connectivity index (χ1n) is 8.10. The minimum atomic E-state index is -0.0421. The van der Waals surface area contributed by atoms with Gasteiger partial charge in [0.05, 0.1) is 6.54 Å². The number of para-hydroxylation sites is 1. The van der Waals surface area contributed by atoms with Crippen LogP contribution >= 0.6 is 0 Å². The lowest BCUT2D eigenvalue weighted by Crippen LogP contribution is -2.30. The molecular formula is C20H20N2O3. The molecule has 0 saturated heterocycles. The molecule has 5 heteroatoms. The first kappa shape index (κ1) is 16.8. The van der Waals surface area contributed by atoms with Gasteiger partial charge in [-0.2, -0.15) is 0 Å². The van der Waals surface area contributed by atoms with Crippen molar-refractivity contribution in [1.29, 1.82) is 0 Å². The predicted molar refractivity (Wildman–Crippen MR) is 95.6 cm³/mol. The molecule has 0 fully saturated rings. The van der Waals surface area contributed by atoms with Crippen LogP contribution in [0.4, 0.5) is 0 Å². The SMILES string of the molecule is Cc1cc(-c2ccc(C(=O)N(C)CCOc3ccccc3)cc2)no1. The molecule has 25 heavy (non-hydrogen) atoms. The number of aromatic nitrogens is 1. The van der Waals surface area contributed by atoms with Gasteiger partial charge in [-0.3, -0.25) is 4.79 Å². The van der Waals surface area contributed by atoms with E-state index in [1.54, 1.807) is 24.1 Å². The van der Waals surface area contributed by atoms with Crippen molar-refractivity contribution < 1.29 is 14.1 Å². The van der Waals surface area contributed by atoms with E-state index in [-0.39, 0.29) is 5.91 Å². The lowest BCUT2D eigenvalue weighted by Gasteiger charge is -2.17. The summed E-state index contributed by atoms with van der Waals surface area (Å²) in [5.74, 6) is 1.52. The fourth-order valence-electron chi connectivity index (χ4n) is 2.43. The molecule has 0 saturated carbocycles. The molecule has 3 aromatic rings. The number of rotatable bonds is 6. The maximum Gasteiger partial charge on any atom is 0.253 e. The zero-order chi connectivity index (χ0) is 17.6. The van der Waals surface area contributed by atoms with Gasteiger partial charge in [0, 0.05) is 24.2 Å². The number of carbonyl (C=O) groups excluding carboxylic acids is 1. The van der Waals surface area contributed by atoms with E-state index in [4.69, 9.17) is 9.26 Å². The summed E-state index contributed by atoms with van der Waals surface area (Å²) in [5, 5.41) is 3.98. The number of amides is 1. The van der Waals surface area contributed by atoms with E-state index in [0.29, 0.717) is 18.7 Å². The Labute approximate surface area is 146 Å². The standard InChI is InChI=1S/C20H20N2O3/c1-15-14-19(21-25-15)16-8-10-17(11-9-16)20(23)22(2)12-13-24-18-6-4-3-5-7-18/h3-11,14H,12-13H2,1-2H3. The summed E-state index contributed by atoms with van der Waals surface area (Å²) < 4.78 is 10.7. The van der Waals surface area contributed by atoms with Crippen LogP contribution < -0.4 is 4.74 Å². The van der Waals surface area contributed by atoms with Crippen LogP contribution in [0.2, 0.25) is 0 Å². The number of likely N-dealkylation sites (N-methyl/N-ethyl adjacent to an activating group) is 1. The third-order valence-electron chi connectivity index (χ3n) is 3.84. The Morgan fingerprint density at radius 2 is 1.84 bits per heavy atom. The zero-order valence-electron chi connectivity index (χ0n) is 14.3. The normalized spacial score (nSPS) is 10.5. The van der Waals surface area contributed by atoms with Crippen molar-refractivity contribution in [2.24, 2.45) is 0 Å². The average molecular weight is 336 g/mol. The molecule has 3 rings (SSSR count). The van der Waals surface area contributed by atoms with Crippen LogP contribution in [0.3, 0.4) is 0 Å².